The molecular weight excluding hydrogens is 298 g/mol. The van der Waals surface area contributed by atoms with Gasteiger partial charge in [-0.2, -0.15) is 0 Å². The van der Waals surface area contributed by atoms with Crippen LogP contribution in [-0.4, -0.2) is 30.4 Å². The number of amides is 3. The maximum atomic E-state index is 12.0. The first kappa shape index (κ1) is 16.8. The van der Waals surface area contributed by atoms with Gasteiger partial charge in [-0.3, -0.25) is 25.2 Å². The molecule has 1 fully saturated rings. The third kappa shape index (κ3) is 5.61. The molecule has 0 bridgehead atoms. The third-order valence-electron chi connectivity index (χ3n) is 3.09. The van der Waals surface area contributed by atoms with Gasteiger partial charge in [-0.15, -0.1) is 0 Å². The molecule has 7 heteroatoms. The van der Waals surface area contributed by atoms with E-state index in [0.29, 0.717) is 23.8 Å². The Morgan fingerprint density at radius 1 is 1.17 bits per heavy atom. The van der Waals surface area contributed by atoms with Crippen molar-refractivity contribution in [3.63, 3.8) is 0 Å². The number of hydrazine groups is 1. The van der Waals surface area contributed by atoms with E-state index in [4.69, 9.17) is 4.74 Å². The van der Waals surface area contributed by atoms with Crippen LogP contribution in [0.5, 0.6) is 5.75 Å². The largest absolute Gasteiger partial charge is 0.493 e. The molecule has 0 aliphatic heterocycles. The Kier molecular flexibility index (Phi) is 5.56. The lowest BCUT2D eigenvalue weighted by molar-refractivity contribution is -0.139. The molecule has 1 aromatic carbocycles. The number of benzene rings is 1. The Morgan fingerprint density at radius 2 is 1.91 bits per heavy atom. The average Bonchev–Trinajstić information content (AvgIpc) is 3.34. The van der Waals surface area contributed by atoms with Crippen LogP contribution in [-0.2, 0) is 9.59 Å². The topological polar surface area (TPSA) is 96.5 Å². The van der Waals surface area contributed by atoms with Crippen LogP contribution in [0, 0.1) is 5.92 Å². The highest BCUT2D eigenvalue weighted by molar-refractivity contribution is 6.35. The molecule has 0 radical (unpaired) electrons. The van der Waals surface area contributed by atoms with Crippen LogP contribution in [0.3, 0.4) is 0 Å². The fourth-order valence-electron chi connectivity index (χ4n) is 1.71. The van der Waals surface area contributed by atoms with E-state index in [2.05, 4.69) is 16.2 Å². The summed E-state index contributed by atoms with van der Waals surface area (Å²) < 4.78 is 5.54. The summed E-state index contributed by atoms with van der Waals surface area (Å²) in [5.74, 6) is -1.22. The standard InChI is InChI=1S/C16H21N3O4/c1-10(2)9-23-13-5-3-4-11(8-13)14(20)18-19-16(22)15(21)17-12-6-7-12/h3-5,8,10,12H,6-7,9H2,1-2H3,(H,17,21)(H,18,20)(H,19,22). The van der Waals surface area contributed by atoms with Crippen LogP contribution in [0.4, 0.5) is 0 Å². The number of carbonyl (C=O) groups excluding carboxylic acids is 3. The molecule has 1 saturated carbocycles. The van der Waals surface area contributed by atoms with Gasteiger partial charge in [0.05, 0.1) is 6.61 Å². The normalized spacial score (nSPS) is 13.3. The lowest BCUT2D eigenvalue weighted by Gasteiger charge is -2.10. The fourth-order valence-corrected chi connectivity index (χ4v) is 1.71. The van der Waals surface area contributed by atoms with E-state index in [0.717, 1.165) is 12.8 Å². The van der Waals surface area contributed by atoms with Crippen LogP contribution in [0.1, 0.15) is 37.0 Å². The summed E-state index contributed by atoms with van der Waals surface area (Å²) in [6.07, 6.45) is 1.77. The molecule has 3 N–H and O–H groups in total. The van der Waals surface area contributed by atoms with Crippen molar-refractivity contribution in [1.82, 2.24) is 16.2 Å². The highest BCUT2D eigenvalue weighted by atomic mass is 16.5. The zero-order chi connectivity index (χ0) is 16.8. The van der Waals surface area contributed by atoms with Crippen LogP contribution >= 0.6 is 0 Å². The van der Waals surface area contributed by atoms with Gasteiger partial charge in [-0.25, -0.2) is 0 Å². The molecule has 124 valence electrons. The van der Waals surface area contributed by atoms with Gasteiger partial charge in [-0.1, -0.05) is 19.9 Å². The molecule has 23 heavy (non-hydrogen) atoms. The molecule has 0 aromatic heterocycles. The fraction of sp³-hybridized carbons (Fsp3) is 0.438. The number of rotatable bonds is 5. The van der Waals surface area contributed by atoms with E-state index in [1.165, 1.54) is 0 Å². The minimum absolute atomic E-state index is 0.0822. The first-order valence-electron chi connectivity index (χ1n) is 7.59. The van der Waals surface area contributed by atoms with Crippen LogP contribution in [0.15, 0.2) is 24.3 Å². The zero-order valence-corrected chi connectivity index (χ0v) is 13.2. The Balaban J connectivity index is 1.83. The minimum atomic E-state index is -0.891. The van der Waals surface area contributed by atoms with E-state index in [1.54, 1.807) is 24.3 Å². The summed E-state index contributed by atoms with van der Waals surface area (Å²) in [6, 6.07) is 6.69. The van der Waals surface area contributed by atoms with Gasteiger partial charge < -0.3 is 10.1 Å². The molecule has 1 aromatic rings. The monoisotopic (exact) mass is 319 g/mol. The first-order valence-corrected chi connectivity index (χ1v) is 7.59. The molecule has 1 aliphatic carbocycles. The zero-order valence-electron chi connectivity index (χ0n) is 13.2. The predicted octanol–water partition coefficient (Wildman–Crippen LogP) is 0.761. The Labute approximate surface area is 134 Å². The Hall–Kier alpha value is -2.57. The SMILES string of the molecule is CC(C)COc1cccc(C(=O)NNC(=O)C(=O)NC2CC2)c1. The maximum Gasteiger partial charge on any atom is 0.327 e. The summed E-state index contributed by atoms with van der Waals surface area (Å²) in [5.41, 5.74) is 4.63. The summed E-state index contributed by atoms with van der Waals surface area (Å²) in [7, 11) is 0. The molecule has 0 spiro atoms. The molecule has 2 rings (SSSR count). The van der Waals surface area contributed by atoms with Crippen LogP contribution in [0.25, 0.3) is 0 Å². The molecule has 7 nitrogen and oxygen atoms in total. The highest BCUT2D eigenvalue weighted by Gasteiger charge is 2.26. The summed E-state index contributed by atoms with van der Waals surface area (Å²) in [6.45, 7) is 4.60. The van der Waals surface area contributed by atoms with Gasteiger partial charge in [-0.05, 0) is 37.0 Å². The second kappa shape index (κ2) is 7.62. The maximum absolute atomic E-state index is 12.0. The molecule has 0 saturated heterocycles. The Bertz CT molecular complexity index is 597. The molecule has 0 unspecified atom stereocenters. The number of nitrogens with one attached hydrogen (secondary N) is 3. The van der Waals surface area contributed by atoms with Crippen molar-refractivity contribution < 1.29 is 19.1 Å². The van der Waals surface area contributed by atoms with Crippen LogP contribution in [0.2, 0.25) is 0 Å². The van der Waals surface area contributed by atoms with Crippen molar-refractivity contribution in [2.24, 2.45) is 5.92 Å². The third-order valence-corrected chi connectivity index (χ3v) is 3.09. The predicted molar refractivity (Wildman–Crippen MR) is 83.5 cm³/mol. The number of hydrogen-bond donors (Lipinski definition) is 3. The molecular formula is C16H21N3O4. The second-order valence-electron chi connectivity index (χ2n) is 5.89. The summed E-state index contributed by atoms with van der Waals surface area (Å²) in [4.78, 5) is 35.0. The minimum Gasteiger partial charge on any atom is -0.493 e. The van der Waals surface area contributed by atoms with E-state index in [9.17, 15) is 14.4 Å². The molecule has 0 heterocycles. The second-order valence-corrected chi connectivity index (χ2v) is 5.89. The number of hydrogen-bond acceptors (Lipinski definition) is 4. The van der Waals surface area contributed by atoms with Gasteiger partial charge in [0.15, 0.2) is 0 Å². The highest BCUT2D eigenvalue weighted by Crippen LogP contribution is 2.18. The first-order chi connectivity index (χ1) is 11.0. The summed E-state index contributed by atoms with van der Waals surface area (Å²) >= 11 is 0. The van der Waals surface area contributed by atoms with Crippen molar-refractivity contribution in [2.75, 3.05) is 6.61 Å². The van der Waals surface area contributed by atoms with E-state index in [-0.39, 0.29) is 6.04 Å². The van der Waals surface area contributed by atoms with Crippen molar-refractivity contribution >= 4 is 17.7 Å². The van der Waals surface area contributed by atoms with Crippen LogP contribution < -0.4 is 20.9 Å². The molecule has 3 amide bonds. The number of carbonyl (C=O) groups is 3. The lowest BCUT2D eigenvalue weighted by Crippen LogP contribution is -2.48. The quantitative estimate of drug-likeness (QED) is 0.551. The average molecular weight is 319 g/mol. The molecule has 0 atom stereocenters. The van der Waals surface area contributed by atoms with Crippen molar-refractivity contribution in [3.8, 4) is 5.75 Å². The van der Waals surface area contributed by atoms with Crippen molar-refractivity contribution in [1.29, 1.82) is 0 Å². The van der Waals surface area contributed by atoms with Gasteiger partial charge in [0.25, 0.3) is 5.91 Å². The van der Waals surface area contributed by atoms with E-state index < -0.39 is 17.7 Å². The molecule has 1 aliphatic rings. The van der Waals surface area contributed by atoms with E-state index >= 15 is 0 Å². The van der Waals surface area contributed by atoms with Gasteiger partial charge >= 0.3 is 11.8 Å². The number of ether oxygens (including phenoxy) is 1. The Morgan fingerprint density at radius 3 is 2.57 bits per heavy atom. The van der Waals surface area contributed by atoms with Crippen molar-refractivity contribution in [3.05, 3.63) is 29.8 Å². The smallest absolute Gasteiger partial charge is 0.327 e. The summed E-state index contributed by atoms with van der Waals surface area (Å²) in [5, 5.41) is 2.53. The van der Waals surface area contributed by atoms with Crippen molar-refractivity contribution in [2.45, 2.75) is 32.7 Å². The van der Waals surface area contributed by atoms with Gasteiger partial charge in [0.1, 0.15) is 5.75 Å². The lowest BCUT2D eigenvalue weighted by atomic mass is 10.2. The van der Waals surface area contributed by atoms with Gasteiger partial charge in [0, 0.05) is 11.6 Å². The van der Waals surface area contributed by atoms with Gasteiger partial charge in [0.2, 0.25) is 0 Å². The van der Waals surface area contributed by atoms with E-state index in [1.807, 2.05) is 13.8 Å².